The van der Waals surface area contributed by atoms with Gasteiger partial charge in [-0.1, -0.05) is 18.2 Å². The summed E-state index contributed by atoms with van der Waals surface area (Å²) in [5.74, 6) is 1.52. The van der Waals surface area contributed by atoms with Crippen LogP contribution in [0.5, 0.6) is 17.4 Å². The quantitative estimate of drug-likeness (QED) is 0.241. The first-order chi connectivity index (χ1) is 17.0. The fourth-order valence-corrected chi connectivity index (χ4v) is 3.75. The molecule has 0 radical (unpaired) electrons. The Morgan fingerprint density at radius 2 is 1.80 bits per heavy atom. The molecule has 8 nitrogen and oxygen atoms in total. The number of methoxy groups -OCH3 is 1. The van der Waals surface area contributed by atoms with Crippen molar-refractivity contribution in [3.8, 4) is 28.9 Å². The maximum Gasteiger partial charge on any atom is 0.280 e. The Balaban J connectivity index is 1.61. The summed E-state index contributed by atoms with van der Waals surface area (Å²) >= 11 is 3.32. The standard InChI is InChI=1S/C24H17BrF2N6O2/c1-34-15-7-5-14(6-8-15)12-33-13-29-20-23(33)31-22(18-4-2-3-17(30-18)21(26)27)32-24(20)35-16-9-10-28-19(25)11-16/h2-11,13,21H,12H2,1H3. The SMILES string of the molecule is COc1ccc(Cn2cnc3c(Oc4ccnc(Br)c4)nc(-c4cccc(C(F)F)n4)nc32)cc1. The van der Waals surface area contributed by atoms with Crippen molar-refractivity contribution in [3.05, 3.63) is 83.0 Å². The number of pyridine rings is 2. The molecule has 0 aliphatic heterocycles. The van der Waals surface area contributed by atoms with Crippen LogP contribution in [0.15, 0.2) is 71.7 Å². The van der Waals surface area contributed by atoms with Crippen LogP contribution in [0.3, 0.4) is 0 Å². The van der Waals surface area contributed by atoms with E-state index >= 15 is 0 Å². The lowest BCUT2D eigenvalue weighted by molar-refractivity contribution is 0.146. The molecule has 4 aromatic heterocycles. The lowest BCUT2D eigenvalue weighted by Crippen LogP contribution is -2.03. The molecule has 0 aliphatic rings. The van der Waals surface area contributed by atoms with Crippen molar-refractivity contribution in [3.63, 3.8) is 0 Å². The van der Waals surface area contributed by atoms with Gasteiger partial charge in [-0.15, -0.1) is 0 Å². The largest absolute Gasteiger partial charge is 0.497 e. The highest BCUT2D eigenvalue weighted by atomic mass is 79.9. The number of fused-ring (bicyclic) bond motifs is 1. The second-order valence-corrected chi connectivity index (χ2v) is 8.22. The minimum atomic E-state index is -2.72. The monoisotopic (exact) mass is 538 g/mol. The maximum absolute atomic E-state index is 13.3. The molecule has 4 heterocycles. The minimum absolute atomic E-state index is 0.139. The summed E-state index contributed by atoms with van der Waals surface area (Å²) in [6, 6.07) is 15.3. The van der Waals surface area contributed by atoms with E-state index in [-0.39, 0.29) is 23.1 Å². The zero-order chi connectivity index (χ0) is 24.4. The van der Waals surface area contributed by atoms with Gasteiger partial charge in [-0.2, -0.15) is 4.98 Å². The predicted octanol–water partition coefficient (Wildman–Crippen LogP) is 5.83. The number of imidazole rings is 1. The molecular weight excluding hydrogens is 522 g/mol. The van der Waals surface area contributed by atoms with E-state index in [2.05, 4.69) is 40.8 Å². The van der Waals surface area contributed by atoms with Crippen LogP contribution >= 0.6 is 15.9 Å². The lowest BCUT2D eigenvalue weighted by Gasteiger charge is -2.10. The molecule has 5 aromatic rings. The van der Waals surface area contributed by atoms with Crippen LogP contribution in [-0.4, -0.2) is 36.6 Å². The van der Waals surface area contributed by atoms with Gasteiger partial charge in [0.2, 0.25) is 0 Å². The molecule has 0 spiro atoms. The van der Waals surface area contributed by atoms with Crippen LogP contribution in [0.25, 0.3) is 22.7 Å². The van der Waals surface area contributed by atoms with E-state index in [1.54, 1.807) is 37.8 Å². The molecule has 0 aliphatic carbocycles. The second kappa shape index (κ2) is 9.71. The fraction of sp³-hybridized carbons (Fsp3) is 0.125. The van der Waals surface area contributed by atoms with Gasteiger partial charge >= 0.3 is 0 Å². The van der Waals surface area contributed by atoms with Gasteiger partial charge in [0.25, 0.3) is 12.3 Å². The van der Waals surface area contributed by atoms with E-state index < -0.39 is 6.43 Å². The third kappa shape index (κ3) is 4.94. The maximum atomic E-state index is 13.3. The van der Waals surface area contributed by atoms with Gasteiger partial charge in [0.1, 0.15) is 27.5 Å². The molecule has 1 aromatic carbocycles. The predicted molar refractivity (Wildman–Crippen MR) is 128 cm³/mol. The Morgan fingerprint density at radius 1 is 0.971 bits per heavy atom. The van der Waals surface area contributed by atoms with Crippen LogP contribution < -0.4 is 9.47 Å². The number of halogens is 3. The number of nitrogens with zero attached hydrogens (tertiary/aromatic N) is 6. The molecule has 0 saturated heterocycles. The summed E-state index contributed by atoms with van der Waals surface area (Å²) in [4.78, 5) is 21.7. The van der Waals surface area contributed by atoms with E-state index in [4.69, 9.17) is 9.47 Å². The normalized spacial score (nSPS) is 11.2. The summed E-state index contributed by atoms with van der Waals surface area (Å²) < 4.78 is 40.2. The summed E-state index contributed by atoms with van der Waals surface area (Å²) in [7, 11) is 1.61. The van der Waals surface area contributed by atoms with Gasteiger partial charge in [0, 0.05) is 12.3 Å². The third-order valence-electron chi connectivity index (χ3n) is 5.08. The van der Waals surface area contributed by atoms with E-state index in [0.29, 0.717) is 28.1 Å². The average molecular weight is 539 g/mol. The first-order valence-electron chi connectivity index (χ1n) is 10.4. The topological polar surface area (TPSA) is 87.8 Å². The van der Waals surface area contributed by atoms with E-state index in [0.717, 1.165) is 11.3 Å². The van der Waals surface area contributed by atoms with Gasteiger partial charge in [0.05, 0.1) is 20.0 Å². The Labute approximate surface area is 206 Å². The minimum Gasteiger partial charge on any atom is -0.497 e. The number of aromatic nitrogens is 6. The van der Waals surface area contributed by atoms with Crippen molar-refractivity contribution in [1.82, 2.24) is 29.5 Å². The van der Waals surface area contributed by atoms with Crippen LogP contribution in [0, 0.1) is 0 Å². The van der Waals surface area contributed by atoms with Crippen molar-refractivity contribution in [2.75, 3.05) is 7.11 Å². The highest BCUT2D eigenvalue weighted by Crippen LogP contribution is 2.30. The zero-order valence-electron chi connectivity index (χ0n) is 18.3. The van der Waals surface area contributed by atoms with Gasteiger partial charge in [0.15, 0.2) is 17.0 Å². The molecule has 0 atom stereocenters. The van der Waals surface area contributed by atoms with E-state index in [9.17, 15) is 8.78 Å². The highest BCUT2D eigenvalue weighted by molar-refractivity contribution is 9.10. The Bertz CT molecular complexity index is 1490. The third-order valence-corrected chi connectivity index (χ3v) is 5.51. The number of rotatable bonds is 7. The van der Waals surface area contributed by atoms with Crippen molar-refractivity contribution < 1.29 is 18.3 Å². The van der Waals surface area contributed by atoms with E-state index in [1.165, 1.54) is 12.1 Å². The molecular formula is C24H17BrF2N6O2. The van der Waals surface area contributed by atoms with Gasteiger partial charge in [-0.05, 0) is 51.8 Å². The lowest BCUT2D eigenvalue weighted by atomic mass is 10.2. The number of ether oxygens (including phenoxy) is 2. The van der Waals surface area contributed by atoms with Gasteiger partial charge in [-0.3, -0.25) is 0 Å². The second-order valence-electron chi connectivity index (χ2n) is 7.41. The summed E-state index contributed by atoms with van der Waals surface area (Å²) in [6.45, 7) is 0.460. The van der Waals surface area contributed by atoms with Crippen molar-refractivity contribution in [2.24, 2.45) is 0 Å². The molecule has 176 valence electrons. The molecule has 11 heteroatoms. The fourth-order valence-electron chi connectivity index (χ4n) is 3.40. The molecule has 0 bridgehead atoms. The van der Waals surface area contributed by atoms with Gasteiger partial charge < -0.3 is 14.0 Å². The number of benzene rings is 1. The first-order valence-corrected chi connectivity index (χ1v) is 11.2. The molecule has 0 N–H and O–H groups in total. The smallest absolute Gasteiger partial charge is 0.280 e. The van der Waals surface area contributed by atoms with Crippen LogP contribution in [0.4, 0.5) is 8.78 Å². The Morgan fingerprint density at radius 3 is 2.54 bits per heavy atom. The van der Waals surface area contributed by atoms with E-state index in [1.807, 2.05) is 28.8 Å². The molecule has 0 fully saturated rings. The molecule has 5 rings (SSSR count). The summed E-state index contributed by atoms with van der Waals surface area (Å²) in [5.41, 5.74) is 1.71. The molecule has 35 heavy (non-hydrogen) atoms. The van der Waals surface area contributed by atoms with Crippen LogP contribution in [-0.2, 0) is 6.54 Å². The Kier molecular flexibility index (Phi) is 6.32. The van der Waals surface area contributed by atoms with Gasteiger partial charge in [-0.25, -0.2) is 28.7 Å². The summed E-state index contributed by atoms with van der Waals surface area (Å²) in [6.07, 6.45) is 0.490. The Hall–Kier alpha value is -3.99. The number of hydrogen-bond donors (Lipinski definition) is 0. The number of alkyl halides is 2. The van der Waals surface area contributed by atoms with Crippen LogP contribution in [0.2, 0.25) is 0 Å². The molecule has 0 amide bonds. The molecule has 0 saturated carbocycles. The van der Waals surface area contributed by atoms with Crippen molar-refractivity contribution in [1.29, 1.82) is 0 Å². The summed E-state index contributed by atoms with van der Waals surface area (Å²) in [5, 5.41) is 0. The van der Waals surface area contributed by atoms with Crippen molar-refractivity contribution in [2.45, 2.75) is 13.0 Å². The highest BCUT2D eigenvalue weighted by Gasteiger charge is 2.19. The van der Waals surface area contributed by atoms with Crippen molar-refractivity contribution >= 4 is 27.1 Å². The first kappa shape index (κ1) is 22.8. The zero-order valence-corrected chi connectivity index (χ0v) is 19.9. The number of hydrogen-bond acceptors (Lipinski definition) is 7. The average Bonchev–Trinajstić information content (AvgIpc) is 3.27. The molecule has 0 unspecified atom stereocenters. The van der Waals surface area contributed by atoms with Crippen LogP contribution in [0.1, 0.15) is 17.7 Å².